The van der Waals surface area contributed by atoms with E-state index in [0.29, 0.717) is 25.4 Å². The second kappa shape index (κ2) is 9.86. The molecule has 6 nitrogen and oxygen atoms in total. The van der Waals surface area contributed by atoms with E-state index < -0.39 is 17.9 Å². The van der Waals surface area contributed by atoms with Crippen LogP contribution in [0.1, 0.15) is 49.1 Å². The van der Waals surface area contributed by atoms with Gasteiger partial charge in [0.15, 0.2) is 6.61 Å². The Labute approximate surface area is 193 Å². The fourth-order valence-corrected chi connectivity index (χ4v) is 5.40. The third kappa shape index (κ3) is 4.88. The van der Waals surface area contributed by atoms with Gasteiger partial charge in [-0.2, -0.15) is 0 Å². The molecule has 2 amide bonds. The zero-order valence-corrected chi connectivity index (χ0v) is 19.5. The van der Waals surface area contributed by atoms with E-state index in [0.717, 1.165) is 29.0 Å². The Kier molecular flexibility index (Phi) is 6.94. The third-order valence-electron chi connectivity index (χ3n) is 6.52. The van der Waals surface area contributed by atoms with Gasteiger partial charge >= 0.3 is 5.97 Å². The molecule has 4 rings (SSSR count). The van der Waals surface area contributed by atoms with Crippen molar-refractivity contribution in [2.75, 3.05) is 24.6 Å². The van der Waals surface area contributed by atoms with E-state index in [1.807, 2.05) is 48.7 Å². The summed E-state index contributed by atoms with van der Waals surface area (Å²) in [4.78, 5) is 43.1. The molecule has 2 aromatic rings. The van der Waals surface area contributed by atoms with Gasteiger partial charge in [0.25, 0.3) is 5.91 Å². The lowest BCUT2D eigenvalue weighted by Gasteiger charge is -2.39. The second-order valence-corrected chi connectivity index (χ2v) is 9.86. The van der Waals surface area contributed by atoms with Gasteiger partial charge in [0, 0.05) is 30.1 Å². The summed E-state index contributed by atoms with van der Waals surface area (Å²) in [5.74, 6) is -0.440. The van der Waals surface area contributed by atoms with Crippen molar-refractivity contribution in [3.63, 3.8) is 0 Å². The maximum atomic E-state index is 13.2. The Bertz CT molecular complexity index is 949. The third-order valence-corrected chi connectivity index (χ3v) is 7.46. The van der Waals surface area contributed by atoms with Crippen molar-refractivity contribution in [2.45, 2.75) is 45.6 Å². The molecule has 2 atom stereocenters. The van der Waals surface area contributed by atoms with Crippen molar-refractivity contribution in [3.8, 4) is 0 Å². The number of aryl methyl sites for hydroxylation is 1. The van der Waals surface area contributed by atoms with E-state index in [1.54, 1.807) is 9.80 Å². The summed E-state index contributed by atoms with van der Waals surface area (Å²) in [7, 11) is 0. The van der Waals surface area contributed by atoms with Crippen LogP contribution in [0.2, 0.25) is 0 Å². The topological polar surface area (TPSA) is 66.9 Å². The fraction of sp³-hybridized carbons (Fsp3) is 0.480. The first-order valence-electron chi connectivity index (χ1n) is 11.3. The SMILES string of the molecule is Cc1ccc(N2C(=O)CCC(C(=O)OCC(=O)N3CCC(C)CC3)C2c2cccs2)cc1. The molecule has 0 radical (unpaired) electrons. The van der Waals surface area contributed by atoms with Crippen LogP contribution in [-0.2, 0) is 19.1 Å². The minimum atomic E-state index is -0.512. The molecule has 0 spiro atoms. The molecule has 170 valence electrons. The fourth-order valence-electron chi connectivity index (χ4n) is 4.52. The quantitative estimate of drug-likeness (QED) is 0.630. The van der Waals surface area contributed by atoms with Crippen LogP contribution in [0.3, 0.4) is 0 Å². The van der Waals surface area contributed by atoms with Gasteiger partial charge in [0.1, 0.15) is 0 Å². The Morgan fingerprint density at radius 3 is 2.47 bits per heavy atom. The molecule has 0 saturated carbocycles. The van der Waals surface area contributed by atoms with Crippen LogP contribution in [0.25, 0.3) is 0 Å². The predicted molar refractivity (Wildman–Crippen MR) is 124 cm³/mol. The van der Waals surface area contributed by atoms with E-state index in [4.69, 9.17) is 4.74 Å². The minimum Gasteiger partial charge on any atom is -0.455 e. The maximum Gasteiger partial charge on any atom is 0.311 e. The highest BCUT2D eigenvalue weighted by atomic mass is 32.1. The van der Waals surface area contributed by atoms with E-state index in [9.17, 15) is 14.4 Å². The molecule has 7 heteroatoms. The summed E-state index contributed by atoms with van der Waals surface area (Å²) in [6, 6.07) is 11.2. The first kappa shape index (κ1) is 22.5. The maximum absolute atomic E-state index is 13.2. The van der Waals surface area contributed by atoms with Crippen molar-refractivity contribution < 1.29 is 19.1 Å². The van der Waals surface area contributed by atoms with Gasteiger partial charge in [-0.3, -0.25) is 14.4 Å². The zero-order chi connectivity index (χ0) is 22.7. The van der Waals surface area contributed by atoms with Gasteiger partial charge < -0.3 is 14.5 Å². The molecule has 2 aliphatic rings. The molecule has 1 aromatic carbocycles. The second-order valence-electron chi connectivity index (χ2n) is 8.88. The molecular formula is C25H30N2O4S. The van der Waals surface area contributed by atoms with Gasteiger partial charge in [0.2, 0.25) is 5.91 Å². The van der Waals surface area contributed by atoms with Crippen LogP contribution in [-0.4, -0.2) is 42.4 Å². The molecule has 2 saturated heterocycles. The van der Waals surface area contributed by atoms with E-state index in [1.165, 1.54) is 11.3 Å². The number of rotatable bonds is 5. The lowest BCUT2D eigenvalue weighted by molar-refractivity contribution is -0.157. The smallest absolute Gasteiger partial charge is 0.311 e. The number of carbonyl (C=O) groups is 3. The minimum absolute atomic E-state index is 0.00480. The molecule has 0 aliphatic carbocycles. The van der Waals surface area contributed by atoms with Crippen LogP contribution < -0.4 is 4.90 Å². The largest absolute Gasteiger partial charge is 0.455 e. The molecule has 1 aromatic heterocycles. The van der Waals surface area contributed by atoms with Crippen LogP contribution in [0.5, 0.6) is 0 Å². The van der Waals surface area contributed by atoms with Gasteiger partial charge in [0.05, 0.1) is 12.0 Å². The number of nitrogens with zero attached hydrogens (tertiary/aromatic N) is 2. The molecule has 0 N–H and O–H groups in total. The number of hydrogen-bond donors (Lipinski definition) is 0. The van der Waals surface area contributed by atoms with Crippen molar-refractivity contribution in [1.82, 2.24) is 4.90 Å². The molecule has 0 bridgehead atoms. The van der Waals surface area contributed by atoms with Gasteiger partial charge in [-0.1, -0.05) is 30.7 Å². The van der Waals surface area contributed by atoms with Crippen LogP contribution in [0.4, 0.5) is 5.69 Å². The van der Waals surface area contributed by atoms with Crippen molar-refractivity contribution in [3.05, 3.63) is 52.2 Å². The standard InChI is InChI=1S/C25H30N2O4S/c1-17-5-7-19(8-6-17)27-22(28)10-9-20(24(27)21-4-3-15-32-21)25(30)31-16-23(29)26-13-11-18(2)12-14-26/h3-8,15,18,20,24H,9-14,16H2,1-2H3. The van der Waals surface area contributed by atoms with Gasteiger partial charge in [-0.25, -0.2) is 0 Å². The Balaban J connectivity index is 1.51. The number of amides is 2. The van der Waals surface area contributed by atoms with Crippen molar-refractivity contribution >= 4 is 34.8 Å². The van der Waals surface area contributed by atoms with E-state index in [2.05, 4.69) is 6.92 Å². The molecular weight excluding hydrogens is 424 g/mol. The zero-order valence-electron chi connectivity index (χ0n) is 18.7. The number of ether oxygens (including phenoxy) is 1. The van der Waals surface area contributed by atoms with Crippen LogP contribution >= 0.6 is 11.3 Å². The normalized spacial score (nSPS) is 22.1. The Morgan fingerprint density at radius 1 is 1.09 bits per heavy atom. The molecule has 32 heavy (non-hydrogen) atoms. The highest BCUT2D eigenvalue weighted by Crippen LogP contribution is 2.42. The van der Waals surface area contributed by atoms with Gasteiger partial charge in [-0.15, -0.1) is 11.3 Å². The molecule has 2 unspecified atom stereocenters. The number of benzene rings is 1. The van der Waals surface area contributed by atoms with Crippen LogP contribution in [0.15, 0.2) is 41.8 Å². The molecule has 3 heterocycles. The summed E-state index contributed by atoms with van der Waals surface area (Å²) in [6.45, 7) is 5.39. The highest BCUT2D eigenvalue weighted by molar-refractivity contribution is 7.10. The number of anilines is 1. The first-order valence-corrected chi connectivity index (χ1v) is 12.2. The summed E-state index contributed by atoms with van der Waals surface area (Å²) >= 11 is 1.52. The van der Waals surface area contributed by atoms with E-state index in [-0.39, 0.29) is 24.8 Å². The van der Waals surface area contributed by atoms with E-state index >= 15 is 0 Å². The average Bonchev–Trinajstić information content (AvgIpc) is 3.33. The number of esters is 1. The van der Waals surface area contributed by atoms with Crippen molar-refractivity contribution in [2.24, 2.45) is 11.8 Å². The number of carbonyl (C=O) groups excluding carboxylic acids is 3. The monoisotopic (exact) mass is 454 g/mol. The predicted octanol–water partition coefficient (Wildman–Crippen LogP) is 4.34. The number of likely N-dealkylation sites (tertiary alicyclic amines) is 1. The lowest BCUT2D eigenvalue weighted by atomic mass is 9.87. The lowest BCUT2D eigenvalue weighted by Crippen LogP contribution is -2.46. The van der Waals surface area contributed by atoms with Gasteiger partial charge in [-0.05, 0) is 55.7 Å². The first-order chi connectivity index (χ1) is 15.4. The Morgan fingerprint density at radius 2 is 1.81 bits per heavy atom. The molecule has 2 fully saturated rings. The Hall–Kier alpha value is -2.67. The summed E-state index contributed by atoms with van der Waals surface area (Å²) in [5.41, 5.74) is 1.88. The summed E-state index contributed by atoms with van der Waals surface area (Å²) < 4.78 is 5.53. The number of hydrogen-bond acceptors (Lipinski definition) is 5. The van der Waals surface area contributed by atoms with Crippen LogP contribution in [0, 0.1) is 18.8 Å². The summed E-state index contributed by atoms with van der Waals surface area (Å²) in [5, 5.41) is 1.95. The average molecular weight is 455 g/mol. The summed E-state index contributed by atoms with van der Waals surface area (Å²) in [6.07, 6.45) is 2.65. The molecule has 2 aliphatic heterocycles. The number of piperidine rings is 2. The van der Waals surface area contributed by atoms with Crippen molar-refractivity contribution in [1.29, 1.82) is 0 Å². The number of thiophene rings is 1. The highest BCUT2D eigenvalue weighted by Gasteiger charge is 2.43.